The average Bonchev–Trinajstić information content (AvgIpc) is 2.22. The van der Waals surface area contributed by atoms with Crippen molar-refractivity contribution in [1.29, 1.82) is 0 Å². The molecule has 0 radical (unpaired) electrons. The van der Waals surface area contributed by atoms with Gasteiger partial charge >= 0.3 is 6.03 Å². The molecule has 1 aromatic rings. The largest absolute Gasteiger partial charge is 0.394 e. The zero-order valence-electron chi connectivity index (χ0n) is 9.25. The molecule has 0 aliphatic heterocycles. The van der Waals surface area contributed by atoms with Crippen LogP contribution in [0.2, 0.25) is 0 Å². The van der Waals surface area contributed by atoms with Gasteiger partial charge in [0.25, 0.3) is 0 Å². The molecular weight excluding hydrogens is 211 g/mol. The maximum Gasteiger partial charge on any atom is 0.319 e. The number of urea groups is 1. The lowest BCUT2D eigenvalue weighted by atomic mass is 10.2. The van der Waals surface area contributed by atoms with Gasteiger partial charge in [-0.25, -0.2) is 9.18 Å². The molecule has 1 rings (SSSR count). The van der Waals surface area contributed by atoms with Gasteiger partial charge in [-0.1, -0.05) is 0 Å². The highest BCUT2D eigenvalue weighted by molar-refractivity contribution is 5.90. The third kappa shape index (κ3) is 3.51. The number of hydrogen-bond acceptors (Lipinski definition) is 2. The third-order valence-electron chi connectivity index (χ3n) is 2.09. The summed E-state index contributed by atoms with van der Waals surface area (Å²) < 4.78 is 12.8. The van der Waals surface area contributed by atoms with Gasteiger partial charge in [0.2, 0.25) is 0 Å². The van der Waals surface area contributed by atoms with Crippen molar-refractivity contribution in [3.05, 3.63) is 29.6 Å². The van der Waals surface area contributed by atoms with Crippen molar-refractivity contribution in [1.82, 2.24) is 5.32 Å². The Morgan fingerprint density at radius 3 is 2.81 bits per heavy atom. The highest BCUT2D eigenvalue weighted by Gasteiger charge is 2.07. The van der Waals surface area contributed by atoms with Crippen molar-refractivity contribution in [2.75, 3.05) is 11.9 Å². The van der Waals surface area contributed by atoms with Gasteiger partial charge in [0.15, 0.2) is 0 Å². The van der Waals surface area contributed by atoms with Crippen molar-refractivity contribution in [3.8, 4) is 0 Å². The SMILES string of the molecule is Cc1cc(F)ccc1NC(=O)NC(C)CO. The molecule has 2 amide bonds. The number of aliphatic hydroxyl groups is 1. The van der Waals surface area contributed by atoms with Crippen LogP contribution >= 0.6 is 0 Å². The van der Waals surface area contributed by atoms with Gasteiger partial charge in [0.05, 0.1) is 12.6 Å². The molecule has 1 aromatic carbocycles. The molecular formula is C11H15FN2O2. The highest BCUT2D eigenvalue weighted by atomic mass is 19.1. The summed E-state index contributed by atoms with van der Waals surface area (Å²) in [5.74, 6) is -0.341. The van der Waals surface area contributed by atoms with E-state index in [1.54, 1.807) is 13.8 Å². The van der Waals surface area contributed by atoms with Crippen LogP contribution in [0, 0.1) is 12.7 Å². The summed E-state index contributed by atoms with van der Waals surface area (Å²) in [6, 6.07) is 3.37. The number of aliphatic hydroxyl groups excluding tert-OH is 1. The molecule has 3 N–H and O–H groups in total. The summed E-state index contributed by atoms with van der Waals surface area (Å²) in [4.78, 5) is 11.4. The first-order chi connectivity index (χ1) is 7.52. The minimum absolute atomic E-state index is 0.129. The first kappa shape index (κ1) is 12.4. The summed E-state index contributed by atoms with van der Waals surface area (Å²) >= 11 is 0. The molecule has 1 unspecified atom stereocenters. The number of carbonyl (C=O) groups excluding carboxylic acids is 1. The van der Waals surface area contributed by atoms with Crippen molar-refractivity contribution >= 4 is 11.7 Å². The number of nitrogens with one attached hydrogen (secondary N) is 2. The van der Waals surface area contributed by atoms with Crippen LogP contribution in [0.15, 0.2) is 18.2 Å². The number of rotatable bonds is 3. The molecule has 0 aliphatic rings. The zero-order valence-corrected chi connectivity index (χ0v) is 9.25. The topological polar surface area (TPSA) is 61.4 Å². The molecule has 4 nitrogen and oxygen atoms in total. The van der Waals surface area contributed by atoms with E-state index in [0.717, 1.165) is 0 Å². The van der Waals surface area contributed by atoms with E-state index in [1.807, 2.05) is 0 Å². The van der Waals surface area contributed by atoms with Crippen LogP contribution in [0.3, 0.4) is 0 Å². The van der Waals surface area contributed by atoms with Crippen molar-refractivity contribution in [2.24, 2.45) is 0 Å². The van der Waals surface area contributed by atoms with Gasteiger partial charge in [-0.05, 0) is 37.6 Å². The van der Waals surface area contributed by atoms with Crippen LogP contribution in [-0.2, 0) is 0 Å². The lowest BCUT2D eigenvalue weighted by Gasteiger charge is -2.13. The highest BCUT2D eigenvalue weighted by Crippen LogP contribution is 2.15. The van der Waals surface area contributed by atoms with E-state index >= 15 is 0 Å². The molecule has 0 saturated heterocycles. The van der Waals surface area contributed by atoms with Gasteiger partial charge in [0, 0.05) is 5.69 Å². The lowest BCUT2D eigenvalue weighted by Crippen LogP contribution is -2.38. The summed E-state index contributed by atoms with van der Waals surface area (Å²) in [6.07, 6.45) is 0. The van der Waals surface area contributed by atoms with E-state index in [1.165, 1.54) is 18.2 Å². The summed E-state index contributed by atoms with van der Waals surface area (Å²) in [6.45, 7) is 3.25. The van der Waals surface area contributed by atoms with Gasteiger partial charge in [-0.3, -0.25) is 0 Å². The molecule has 0 aliphatic carbocycles. The fraction of sp³-hybridized carbons (Fsp3) is 0.364. The second kappa shape index (κ2) is 5.46. The van der Waals surface area contributed by atoms with Crippen LogP contribution in [0.25, 0.3) is 0 Å². The minimum Gasteiger partial charge on any atom is -0.394 e. The molecule has 5 heteroatoms. The fourth-order valence-electron chi connectivity index (χ4n) is 1.20. The predicted octanol–water partition coefficient (Wildman–Crippen LogP) is 1.64. The Kier molecular flexibility index (Phi) is 4.25. The quantitative estimate of drug-likeness (QED) is 0.733. The second-order valence-electron chi connectivity index (χ2n) is 3.64. The number of carbonyl (C=O) groups is 1. The Hall–Kier alpha value is -1.62. The normalized spacial score (nSPS) is 12.0. The number of anilines is 1. The van der Waals surface area contributed by atoms with Gasteiger partial charge in [0.1, 0.15) is 5.82 Å². The van der Waals surface area contributed by atoms with E-state index in [0.29, 0.717) is 11.3 Å². The number of benzene rings is 1. The Balaban J connectivity index is 2.63. The van der Waals surface area contributed by atoms with E-state index in [2.05, 4.69) is 10.6 Å². The van der Waals surface area contributed by atoms with Crippen LogP contribution < -0.4 is 10.6 Å². The van der Waals surface area contributed by atoms with Crippen molar-refractivity contribution in [3.63, 3.8) is 0 Å². The van der Waals surface area contributed by atoms with Crippen LogP contribution in [0.4, 0.5) is 14.9 Å². The molecule has 1 atom stereocenters. The smallest absolute Gasteiger partial charge is 0.319 e. The second-order valence-corrected chi connectivity index (χ2v) is 3.64. The van der Waals surface area contributed by atoms with E-state index < -0.39 is 6.03 Å². The Morgan fingerprint density at radius 1 is 1.56 bits per heavy atom. The molecule has 0 saturated carbocycles. The van der Waals surface area contributed by atoms with Gasteiger partial charge in [-0.15, -0.1) is 0 Å². The molecule has 0 spiro atoms. The number of aryl methyl sites for hydroxylation is 1. The maximum absolute atomic E-state index is 12.8. The van der Waals surface area contributed by atoms with E-state index in [4.69, 9.17) is 5.11 Å². The summed E-state index contributed by atoms with van der Waals surface area (Å²) in [5, 5.41) is 13.8. The molecule has 0 bridgehead atoms. The zero-order chi connectivity index (χ0) is 12.1. The lowest BCUT2D eigenvalue weighted by molar-refractivity contribution is 0.229. The maximum atomic E-state index is 12.8. The first-order valence-electron chi connectivity index (χ1n) is 4.97. The molecule has 0 fully saturated rings. The summed E-state index contributed by atoms with van der Waals surface area (Å²) in [5.41, 5.74) is 1.19. The average molecular weight is 226 g/mol. The number of halogens is 1. The first-order valence-corrected chi connectivity index (χ1v) is 4.97. The molecule has 0 aromatic heterocycles. The Labute approximate surface area is 93.5 Å². The van der Waals surface area contributed by atoms with E-state index in [9.17, 15) is 9.18 Å². The minimum atomic E-state index is -0.420. The van der Waals surface area contributed by atoms with Gasteiger partial charge in [-0.2, -0.15) is 0 Å². The predicted molar refractivity (Wildman–Crippen MR) is 59.8 cm³/mol. The third-order valence-corrected chi connectivity index (χ3v) is 2.09. The monoisotopic (exact) mass is 226 g/mol. The standard InChI is InChI=1S/C11H15FN2O2/c1-7-5-9(12)3-4-10(7)14-11(16)13-8(2)6-15/h3-5,8,15H,6H2,1-2H3,(H2,13,14,16). The molecule has 16 heavy (non-hydrogen) atoms. The van der Waals surface area contributed by atoms with Crippen LogP contribution in [0.1, 0.15) is 12.5 Å². The van der Waals surface area contributed by atoms with Crippen LogP contribution in [-0.4, -0.2) is 23.8 Å². The van der Waals surface area contributed by atoms with Crippen molar-refractivity contribution in [2.45, 2.75) is 19.9 Å². The molecule has 88 valence electrons. The number of amides is 2. The fourth-order valence-corrected chi connectivity index (χ4v) is 1.20. The van der Waals surface area contributed by atoms with Crippen LogP contribution in [0.5, 0.6) is 0 Å². The van der Waals surface area contributed by atoms with Gasteiger partial charge < -0.3 is 15.7 Å². The summed E-state index contributed by atoms with van der Waals surface area (Å²) in [7, 11) is 0. The van der Waals surface area contributed by atoms with E-state index in [-0.39, 0.29) is 18.5 Å². The number of hydrogen-bond donors (Lipinski definition) is 3. The van der Waals surface area contributed by atoms with Crippen molar-refractivity contribution < 1.29 is 14.3 Å². The molecule has 0 heterocycles. The Bertz CT molecular complexity index is 382. The Morgan fingerprint density at radius 2 is 2.25 bits per heavy atom.